The van der Waals surface area contributed by atoms with Crippen molar-refractivity contribution in [2.24, 2.45) is 5.92 Å². The van der Waals surface area contributed by atoms with Crippen molar-refractivity contribution in [1.29, 1.82) is 0 Å². The minimum Gasteiger partial charge on any atom is -0.481 e. The fourth-order valence-corrected chi connectivity index (χ4v) is 2.75. The van der Waals surface area contributed by atoms with E-state index in [9.17, 15) is 9.59 Å². The predicted octanol–water partition coefficient (Wildman–Crippen LogP) is 1.11. The van der Waals surface area contributed by atoms with Crippen LogP contribution in [0.4, 0.5) is 4.79 Å². The molecule has 0 aromatic rings. The number of nitrogens with one attached hydrogen (secondary N) is 2. The number of hydrogen-bond donors (Lipinski definition) is 3. The van der Waals surface area contributed by atoms with Gasteiger partial charge in [-0.25, -0.2) is 4.79 Å². The molecule has 6 heteroatoms. The molecule has 1 saturated carbocycles. The van der Waals surface area contributed by atoms with Crippen LogP contribution in [-0.2, 0) is 9.53 Å². The van der Waals surface area contributed by atoms with E-state index in [4.69, 9.17) is 9.84 Å². The lowest BCUT2D eigenvalue weighted by molar-refractivity contribution is -0.142. The largest absolute Gasteiger partial charge is 0.481 e. The summed E-state index contributed by atoms with van der Waals surface area (Å²) in [6.45, 7) is 1.36. The van der Waals surface area contributed by atoms with Crippen LogP contribution in [0.15, 0.2) is 0 Å². The fraction of sp³-hybridized carbons (Fsp3) is 0.846. The molecule has 0 unspecified atom stereocenters. The summed E-state index contributed by atoms with van der Waals surface area (Å²) in [7, 11) is 0. The van der Waals surface area contributed by atoms with E-state index < -0.39 is 5.97 Å². The van der Waals surface area contributed by atoms with Crippen LogP contribution < -0.4 is 10.6 Å². The third-order valence-electron chi connectivity index (χ3n) is 3.91. The monoisotopic (exact) mass is 270 g/mol. The molecule has 2 aliphatic rings. The normalized spacial score (nSPS) is 31.5. The molecule has 0 aromatic heterocycles. The highest BCUT2D eigenvalue weighted by atomic mass is 16.5. The maximum Gasteiger partial charge on any atom is 0.315 e. The Morgan fingerprint density at radius 1 is 1.00 bits per heavy atom. The van der Waals surface area contributed by atoms with Crippen LogP contribution in [0.5, 0.6) is 0 Å². The zero-order valence-corrected chi connectivity index (χ0v) is 11.1. The zero-order valence-electron chi connectivity index (χ0n) is 11.1. The lowest BCUT2D eigenvalue weighted by atomic mass is 9.86. The molecule has 2 amide bonds. The number of carboxylic acids is 1. The van der Waals surface area contributed by atoms with Gasteiger partial charge in [-0.3, -0.25) is 4.79 Å². The molecule has 2 fully saturated rings. The summed E-state index contributed by atoms with van der Waals surface area (Å²) < 4.78 is 5.31. The predicted molar refractivity (Wildman–Crippen MR) is 68.9 cm³/mol. The van der Waals surface area contributed by atoms with Crippen LogP contribution in [0.1, 0.15) is 38.5 Å². The third kappa shape index (κ3) is 4.38. The number of carboxylic acid groups (broad SMARTS) is 1. The number of carbonyl (C=O) groups excluding carboxylic acids is 1. The lowest BCUT2D eigenvalue weighted by Crippen LogP contribution is -2.49. The highest BCUT2D eigenvalue weighted by Crippen LogP contribution is 2.24. The van der Waals surface area contributed by atoms with Gasteiger partial charge in [0.15, 0.2) is 0 Å². The van der Waals surface area contributed by atoms with E-state index in [0.717, 1.165) is 32.3 Å². The Bertz CT molecular complexity index is 321. The summed E-state index contributed by atoms with van der Waals surface area (Å²) in [4.78, 5) is 22.6. The molecule has 1 aliphatic heterocycles. The number of carbonyl (C=O) groups is 2. The maximum absolute atomic E-state index is 11.8. The van der Waals surface area contributed by atoms with Crippen molar-refractivity contribution in [1.82, 2.24) is 10.6 Å². The van der Waals surface area contributed by atoms with Gasteiger partial charge >= 0.3 is 12.0 Å². The molecule has 19 heavy (non-hydrogen) atoms. The first-order chi connectivity index (χ1) is 9.15. The number of aliphatic carboxylic acids is 1. The van der Waals surface area contributed by atoms with Gasteiger partial charge in [0.2, 0.25) is 0 Å². The van der Waals surface area contributed by atoms with Gasteiger partial charge in [-0.2, -0.15) is 0 Å². The Morgan fingerprint density at radius 3 is 2.26 bits per heavy atom. The highest BCUT2D eigenvalue weighted by molar-refractivity contribution is 5.74. The Kier molecular flexibility index (Phi) is 5.01. The Hall–Kier alpha value is -1.30. The van der Waals surface area contributed by atoms with Crippen LogP contribution in [0.25, 0.3) is 0 Å². The molecule has 108 valence electrons. The number of urea groups is 1. The number of amides is 2. The van der Waals surface area contributed by atoms with E-state index in [2.05, 4.69) is 10.6 Å². The first-order valence-corrected chi connectivity index (χ1v) is 7.02. The summed E-state index contributed by atoms with van der Waals surface area (Å²) in [5.41, 5.74) is 0. The first kappa shape index (κ1) is 14.1. The van der Waals surface area contributed by atoms with Gasteiger partial charge in [0, 0.05) is 12.6 Å². The molecule has 0 spiro atoms. The van der Waals surface area contributed by atoms with E-state index in [0.29, 0.717) is 19.4 Å². The Balaban J connectivity index is 1.67. The van der Waals surface area contributed by atoms with Crippen molar-refractivity contribution in [3.05, 3.63) is 0 Å². The van der Waals surface area contributed by atoms with Crippen LogP contribution in [0.2, 0.25) is 0 Å². The van der Waals surface area contributed by atoms with Crippen molar-refractivity contribution < 1.29 is 19.4 Å². The maximum atomic E-state index is 11.8. The highest BCUT2D eigenvalue weighted by Gasteiger charge is 2.27. The third-order valence-corrected chi connectivity index (χ3v) is 3.91. The standard InChI is InChI=1S/C13H22N2O4/c16-12(17)9-3-5-10(6-4-9)14-13(18)15-11-2-1-7-19-8-11/h9-11H,1-8H2,(H,16,17)(H2,14,15,18)/t9?,10?,11-/m1/s1. The van der Waals surface area contributed by atoms with Gasteiger partial charge < -0.3 is 20.5 Å². The smallest absolute Gasteiger partial charge is 0.315 e. The minimum atomic E-state index is -0.720. The molecule has 0 aromatic carbocycles. The number of ether oxygens (including phenoxy) is 1. The lowest BCUT2D eigenvalue weighted by Gasteiger charge is -2.28. The minimum absolute atomic E-state index is 0.0973. The molecule has 1 heterocycles. The molecular weight excluding hydrogens is 248 g/mol. The summed E-state index contributed by atoms with van der Waals surface area (Å²) in [5.74, 6) is -0.963. The SMILES string of the molecule is O=C(NC1CCC(C(=O)O)CC1)N[C@@H]1CCCOC1. The summed E-state index contributed by atoms with van der Waals surface area (Å²) >= 11 is 0. The molecule has 1 saturated heterocycles. The molecule has 0 radical (unpaired) electrons. The summed E-state index contributed by atoms with van der Waals surface area (Å²) in [5, 5.41) is 14.7. The average Bonchev–Trinajstić information content (AvgIpc) is 2.40. The summed E-state index contributed by atoms with van der Waals surface area (Å²) in [6.07, 6.45) is 4.71. The van der Waals surface area contributed by atoms with Crippen LogP contribution in [0, 0.1) is 5.92 Å². The topological polar surface area (TPSA) is 87.7 Å². The zero-order chi connectivity index (χ0) is 13.7. The fourth-order valence-electron chi connectivity index (χ4n) is 2.75. The molecule has 3 N–H and O–H groups in total. The molecule has 1 aliphatic carbocycles. The molecule has 1 atom stereocenters. The van der Waals surface area contributed by atoms with E-state index in [-0.39, 0.29) is 24.0 Å². The van der Waals surface area contributed by atoms with Crippen molar-refractivity contribution in [2.75, 3.05) is 13.2 Å². The van der Waals surface area contributed by atoms with Gasteiger partial charge in [-0.05, 0) is 38.5 Å². The second-order valence-electron chi connectivity index (χ2n) is 5.42. The summed E-state index contributed by atoms with van der Waals surface area (Å²) in [6, 6.07) is 0.0403. The van der Waals surface area contributed by atoms with Crippen LogP contribution in [-0.4, -0.2) is 42.4 Å². The van der Waals surface area contributed by atoms with Crippen molar-refractivity contribution >= 4 is 12.0 Å². The van der Waals surface area contributed by atoms with Gasteiger partial charge in [0.25, 0.3) is 0 Å². The van der Waals surface area contributed by atoms with Gasteiger partial charge in [0.1, 0.15) is 0 Å². The molecule has 0 bridgehead atoms. The molecule has 2 rings (SSSR count). The molecule has 6 nitrogen and oxygen atoms in total. The second-order valence-corrected chi connectivity index (χ2v) is 5.42. The van der Waals surface area contributed by atoms with E-state index >= 15 is 0 Å². The number of rotatable bonds is 3. The van der Waals surface area contributed by atoms with Crippen molar-refractivity contribution in [2.45, 2.75) is 50.6 Å². The van der Waals surface area contributed by atoms with Crippen molar-refractivity contribution in [3.8, 4) is 0 Å². The van der Waals surface area contributed by atoms with E-state index in [1.807, 2.05) is 0 Å². The van der Waals surface area contributed by atoms with Gasteiger partial charge in [-0.1, -0.05) is 0 Å². The Labute approximate surface area is 112 Å². The Morgan fingerprint density at radius 2 is 1.68 bits per heavy atom. The van der Waals surface area contributed by atoms with Gasteiger partial charge in [0.05, 0.1) is 18.6 Å². The number of hydrogen-bond acceptors (Lipinski definition) is 3. The molecular formula is C13H22N2O4. The van der Waals surface area contributed by atoms with Crippen LogP contribution >= 0.6 is 0 Å². The van der Waals surface area contributed by atoms with E-state index in [1.165, 1.54) is 0 Å². The van der Waals surface area contributed by atoms with E-state index in [1.54, 1.807) is 0 Å². The van der Waals surface area contributed by atoms with Crippen LogP contribution in [0.3, 0.4) is 0 Å². The van der Waals surface area contributed by atoms with Gasteiger partial charge in [-0.15, -0.1) is 0 Å². The average molecular weight is 270 g/mol. The quantitative estimate of drug-likeness (QED) is 0.717. The second kappa shape index (κ2) is 6.75. The van der Waals surface area contributed by atoms with Crippen molar-refractivity contribution in [3.63, 3.8) is 0 Å². The first-order valence-electron chi connectivity index (χ1n) is 7.02.